The number of nitrogens with zero attached hydrogens (tertiary/aromatic N) is 1. The molecule has 5 heteroatoms. The van der Waals surface area contributed by atoms with Gasteiger partial charge in [-0.25, -0.2) is 0 Å². The van der Waals surface area contributed by atoms with Gasteiger partial charge in [0.25, 0.3) is 0 Å². The van der Waals surface area contributed by atoms with Crippen LogP contribution in [0, 0.1) is 17.2 Å². The molecular weight excluding hydrogens is 265 g/mol. The van der Waals surface area contributed by atoms with E-state index in [1.165, 1.54) is 18.9 Å². The van der Waals surface area contributed by atoms with E-state index in [0.29, 0.717) is 5.69 Å². The van der Waals surface area contributed by atoms with Crippen molar-refractivity contribution in [3.63, 3.8) is 0 Å². The molecule has 1 fully saturated rings. The van der Waals surface area contributed by atoms with Crippen LogP contribution in [0.3, 0.4) is 0 Å². The molecule has 0 saturated heterocycles. The topological polar surface area (TPSA) is 35.8 Å². The molecule has 2 rings (SSSR count). The van der Waals surface area contributed by atoms with Gasteiger partial charge in [-0.1, -0.05) is 19.8 Å². The molecule has 1 aromatic carbocycles. The number of nitrogens with one attached hydrogen (secondary N) is 1. The number of rotatable bonds is 5. The summed E-state index contributed by atoms with van der Waals surface area (Å²) < 4.78 is 37.8. The molecule has 0 aliphatic heterocycles. The highest BCUT2D eigenvalue weighted by Gasteiger charge is 2.31. The highest BCUT2D eigenvalue weighted by Crippen LogP contribution is 2.36. The number of alkyl halides is 3. The Bertz CT molecular complexity index is 513. The zero-order valence-corrected chi connectivity index (χ0v) is 11.3. The normalized spacial score (nSPS) is 16.6. The monoisotopic (exact) mass is 282 g/mol. The van der Waals surface area contributed by atoms with Gasteiger partial charge in [-0.15, -0.1) is 0 Å². The molecular formula is C15H17F3N2. The van der Waals surface area contributed by atoms with Crippen molar-refractivity contribution in [2.24, 2.45) is 5.92 Å². The van der Waals surface area contributed by atoms with Crippen LogP contribution < -0.4 is 5.32 Å². The molecule has 1 aliphatic rings. The van der Waals surface area contributed by atoms with Crippen molar-refractivity contribution in [2.45, 2.75) is 44.8 Å². The highest BCUT2D eigenvalue weighted by molar-refractivity contribution is 5.59. The number of hydrogen-bond donors (Lipinski definition) is 1. The lowest BCUT2D eigenvalue weighted by atomic mass is 10.0. The second-order valence-corrected chi connectivity index (χ2v) is 5.30. The molecule has 1 N–H and O–H groups in total. The van der Waals surface area contributed by atoms with E-state index < -0.39 is 11.7 Å². The molecule has 0 heterocycles. The van der Waals surface area contributed by atoms with Crippen molar-refractivity contribution in [2.75, 3.05) is 5.32 Å². The first-order valence-corrected chi connectivity index (χ1v) is 6.82. The van der Waals surface area contributed by atoms with Crippen LogP contribution in [0.2, 0.25) is 0 Å². The van der Waals surface area contributed by atoms with Crippen LogP contribution >= 0.6 is 0 Å². The van der Waals surface area contributed by atoms with Gasteiger partial charge in [-0.05, 0) is 37.0 Å². The summed E-state index contributed by atoms with van der Waals surface area (Å²) in [6, 6.07) is 5.35. The predicted octanol–water partition coefficient (Wildman–Crippen LogP) is 4.57. The van der Waals surface area contributed by atoms with Gasteiger partial charge >= 0.3 is 6.18 Å². The van der Waals surface area contributed by atoms with E-state index in [1.54, 1.807) is 0 Å². The molecule has 1 saturated carbocycles. The van der Waals surface area contributed by atoms with Crippen LogP contribution in [-0.2, 0) is 6.18 Å². The van der Waals surface area contributed by atoms with Gasteiger partial charge in [0, 0.05) is 6.04 Å². The molecule has 0 aromatic heterocycles. The van der Waals surface area contributed by atoms with Crippen LogP contribution in [0.25, 0.3) is 0 Å². The van der Waals surface area contributed by atoms with E-state index in [-0.39, 0.29) is 11.6 Å². The zero-order chi connectivity index (χ0) is 14.8. The molecule has 0 bridgehead atoms. The Morgan fingerprint density at radius 2 is 2.10 bits per heavy atom. The minimum absolute atomic E-state index is 0.0501. The van der Waals surface area contributed by atoms with Gasteiger partial charge in [0.15, 0.2) is 0 Å². The number of halogens is 3. The fraction of sp³-hybridized carbons (Fsp3) is 0.533. The van der Waals surface area contributed by atoms with Crippen molar-refractivity contribution in [3.05, 3.63) is 29.3 Å². The summed E-state index contributed by atoms with van der Waals surface area (Å²) in [6.07, 6.45) is -0.0420. The zero-order valence-electron chi connectivity index (χ0n) is 11.3. The van der Waals surface area contributed by atoms with E-state index in [2.05, 4.69) is 5.32 Å². The molecule has 1 aliphatic carbocycles. The van der Waals surface area contributed by atoms with Crippen LogP contribution in [0.1, 0.15) is 43.7 Å². The molecule has 1 unspecified atom stereocenters. The summed E-state index contributed by atoms with van der Waals surface area (Å²) in [6.45, 7) is 2.04. The average Bonchev–Trinajstić information content (AvgIpc) is 3.21. The van der Waals surface area contributed by atoms with Crippen molar-refractivity contribution in [1.82, 2.24) is 0 Å². The van der Waals surface area contributed by atoms with E-state index in [0.717, 1.165) is 30.9 Å². The Balaban J connectivity index is 2.16. The minimum Gasteiger partial charge on any atom is -0.381 e. The van der Waals surface area contributed by atoms with Gasteiger partial charge in [0.2, 0.25) is 0 Å². The van der Waals surface area contributed by atoms with Gasteiger partial charge < -0.3 is 5.32 Å². The number of benzene rings is 1. The molecule has 1 aromatic rings. The second kappa shape index (κ2) is 5.74. The van der Waals surface area contributed by atoms with E-state index in [1.807, 2.05) is 13.0 Å². The van der Waals surface area contributed by atoms with Crippen LogP contribution in [-0.4, -0.2) is 6.04 Å². The molecule has 0 spiro atoms. The Morgan fingerprint density at radius 1 is 1.40 bits per heavy atom. The summed E-state index contributed by atoms with van der Waals surface area (Å²) in [7, 11) is 0. The summed E-state index contributed by atoms with van der Waals surface area (Å²) in [5, 5.41) is 12.2. The summed E-state index contributed by atoms with van der Waals surface area (Å²) in [4.78, 5) is 0. The number of nitriles is 1. The predicted molar refractivity (Wildman–Crippen MR) is 71.2 cm³/mol. The van der Waals surface area contributed by atoms with Crippen LogP contribution in [0.5, 0.6) is 0 Å². The van der Waals surface area contributed by atoms with Gasteiger partial charge in [-0.3, -0.25) is 0 Å². The lowest BCUT2D eigenvalue weighted by Crippen LogP contribution is -2.20. The Kier molecular flexibility index (Phi) is 4.22. The van der Waals surface area contributed by atoms with E-state index in [9.17, 15) is 13.2 Å². The first-order chi connectivity index (χ1) is 9.44. The van der Waals surface area contributed by atoms with E-state index >= 15 is 0 Å². The fourth-order valence-electron chi connectivity index (χ4n) is 2.24. The molecule has 2 nitrogen and oxygen atoms in total. The fourth-order valence-corrected chi connectivity index (χ4v) is 2.24. The third-order valence-electron chi connectivity index (χ3n) is 3.63. The summed E-state index contributed by atoms with van der Waals surface area (Å²) >= 11 is 0. The van der Waals surface area contributed by atoms with Crippen LogP contribution in [0.4, 0.5) is 18.9 Å². The number of hydrogen-bond acceptors (Lipinski definition) is 2. The van der Waals surface area contributed by atoms with Gasteiger partial charge in [0.05, 0.1) is 16.8 Å². The summed E-state index contributed by atoms with van der Waals surface area (Å²) in [5.41, 5.74) is -0.239. The standard InChI is InChI=1S/C15H17F3N2/c1-2-13(7-10-3-4-10)20-14-6-5-12(15(16,17)18)8-11(14)9-19/h5-6,8,10,13,20H,2-4,7H2,1H3. The Labute approximate surface area is 116 Å². The lowest BCUT2D eigenvalue weighted by Gasteiger charge is -2.19. The smallest absolute Gasteiger partial charge is 0.381 e. The van der Waals surface area contributed by atoms with Crippen molar-refractivity contribution < 1.29 is 13.2 Å². The Morgan fingerprint density at radius 3 is 2.60 bits per heavy atom. The molecule has 108 valence electrons. The number of anilines is 1. The largest absolute Gasteiger partial charge is 0.416 e. The minimum atomic E-state index is -4.41. The average molecular weight is 282 g/mol. The first kappa shape index (κ1) is 14.7. The highest BCUT2D eigenvalue weighted by atomic mass is 19.4. The molecule has 1 atom stereocenters. The third-order valence-corrected chi connectivity index (χ3v) is 3.63. The maximum Gasteiger partial charge on any atom is 0.416 e. The maximum atomic E-state index is 12.6. The maximum absolute atomic E-state index is 12.6. The van der Waals surface area contributed by atoms with Crippen molar-refractivity contribution in [3.8, 4) is 6.07 Å². The van der Waals surface area contributed by atoms with Crippen LogP contribution in [0.15, 0.2) is 18.2 Å². The van der Waals surface area contributed by atoms with Crippen molar-refractivity contribution in [1.29, 1.82) is 5.26 Å². The summed E-state index contributed by atoms with van der Waals surface area (Å²) in [5.74, 6) is 0.729. The Hall–Kier alpha value is -1.70. The quantitative estimate of drug-likeness (QED) is 0.858. The SMILES string of the molecule is CCC(CC1CC1)Nc1ccc(C(F)(F)F)cc1C#N. The third kappa shape index (κ3) is 3.66. The second-order valence-electron chi connectivity index (χ2n) is 5.30. The lowest BCUT2D eigenvalue weighted by molar-refractivity contribution is -0.137. The first-order valence-electron chi connectivity index (χ1n) is 6.82. The van der Waals surface area contributed by atoms with Crippen molar-refractivity contribution >= 4 is 5.69 Å². The van der Waals surface area contributed by atoms with E-state index in [4.69, 9.17) is 5.26 Å². The molecule has 0 radical (unpaired) electrons. The molecule has 0 amide bonds. The van der Waals surface area contributed by atoms with Gasteiger partial charge in [-0.2, -0.15) is 18.4 Å². The molecule has 20 heavy (non-hydrogen) atoms. The van der Waals surface area contributed by atoms with Gasteiger partial charge in [0.1, 0.15) is 6.07 Å².